The molecule has 1 aromatic heterocycles. The van der Waals surface area contributed by atoms with Crippen LogP contribution in [-0.2, 0) is 0 Å². The second kappa shape index (κ2) is 5.82. The molecular formula is C11H21N5S. The molecule has 1 saturated carbocycles. The maximum Gasteiger partial charge on any atom is 0.209 e. The van der Waals surface area contributed by atoms with Crippen LogP contribution >= 0.6 is 11.8 Å². The monoisotopic (exact) mass is 255 g/mol. The van der Waals surface area contributed by atoms with Gasteiger partial charge in [0.1, 0.15) is 0 Å². The fourth-order valence-electron chi connectivity index (χ4n) is 2.23. The van der Waals surface area contributed by atoms with Gasteiger partial charge in [0, 0.05) is 11.3 Å². The van der Waals surface area contributed by atoms with Gasteiger partial charge in [-0.1, -0.05) is 38.5 Å². The number of nitrogens with zero attached hydrogens (tertiary/aromatic N) is 4. The maximum atomic E-state index is 6.04. The Morgan fingerprint density at radius 2 is 2.18 bits per heavy atom. The molecule has 0 radical (unpaired) electrons. The van der Waals surface area contributed by atoms with Gasteiger partial charge in [0.05, 0.1) is 6.04 Å². The van der Waals surface area contributed by atoms with E-state index in [0.29, 0.717) is 11.3 Å². The van der Waals surface area contributed by atoms with Crippen molar-refractivity contribution in [2.45, 2.75) is 68.4 Å². The van der Waals surface area contributed by atoms with Gasteiger partial charge in [-0.3, -0.25) is 0 Å². The first-order valence-corrected chi connectivity index (χ1v) is 7.30. The van der Waals surface area contributed by atoms with Crippen molar-refractivity contribution in [2.24, 2.45) is 5.73 Å². The van der Waals surface area contributed by atoms with E-state index in [9.17, 15) is 0 Å². The normalized spacial score (nSPS) is 20.6. The Hall–Kier alpha value is -0.620. The highest BCUT2D eigenvalue weighted by Crippen LogP contribution is 2.32. The lowest BCUT2D eigenvalue weighted by Crippen LogP contribution is -2.29. The van der Waals surface area contributed by atoms with Crippen molar-refractivity contribution in [3.05, 3.63) is 0 Å². The van der Waals surface area contributed by atoms with E-state index in [0.717, 1.165) is 11.6 Å². The molecule has 1 fully saturated rings. The predicted octanol–water partition coefficient (Wildman–Crippen LogP) is 2.01. The maximum absolute atomic E-state index is 6.04. The highest BCUT2D eigenvalue weighted by atomic mass is 32.2. The van der Waals surface area contributed by atoms with Crippen molar-refractivity contribution in [3.63, 3.8) is 0 Å². The third kappa shape index (κ3) is 2.98. The topological polar surface area (TPSA) is 69.6 Å². The summed E-state index contributed by atoms with van der Waals surface area (Å²) in [7, 11) is 0. The average molecular weight is 255 g/mol. The molecule has 1 aliphatic rings. The van der Waals surface area contributed by atoms with Crippen LogP contribution in [0.25, 0.3) is 0 Å². The smallest absolute Gasteiger partial charge is 0.209 e. The molecular weight excluding hydrogens is 234 g/mol. The summed E-state index contributed by atoms with van der Waals surface area (Å²) in [5.74, 6) is 0. The summed E-state index contributed by atoms with van der Waals surface area (Å²) in [6, 6.07) is 0.700. The summed E-state index contributed by atoms with van der Waals surface area (Å²) >= 11 is 1.70. The zero-order chi connectivity index (χ0) is 12.3. The molecule has 1 heterocycles. The van der Waals surface area contributed by atoms with E-state index in [1.165, 1.54) is 25.7 Å². The van der Waals surface area contributed by atoms with E-state index in [4.69, 9.17) is 5.73 Å². The number of tetrazole rings is 1. The van der Waals surface area contributed by atoms with Crippen molar-refractivity contribution < 1.29 is 0 Å². The van der Waals surface area contributed by atoms with Gasteiger partial charge in [0.15, 0.2) is 0 Å². The largest absolute Gasteiger partial charge is 0.327 e. The Morgan fingerprint density at radius 1 is 1.47 bits per heavy atom. The molecule has 2 rings (SSSR count). The van der Waals surface area contributed by atoms with E-state index in [1.54, 1.807) is 11.8 Å². The van der Waals surface area contributed by atoms with Gasteiger partial charge in [-0.15, -0.1) is 5.10 Å². The van der Waals surface area contributed by atoms with Crippen LogP contribution in [-0.4, -0.2) is 31.5 Å². The van der Waals surface area contributed by atoms with Crippen LogP contribution in [0, 0.1) is 0 Å². The molecule has 0 spiro atoms. The summed E-state index contributed by atoms with van der Waals surface area (Å²) < 4.78 is 2.00. The minimum atomic E-state index is 0.203. The Balaban J connectivity index is 2.03. The molecule has 5 nitrogen and oxygen atoms in total. The molecule has 0 amide bonds. The number of hydrogen-bond acceptors (Lipinski definition) is 5. The number of nitrogens with two attached hydrogens (primary N) is 1. The molecule has 96 valence electrons. The van der Waals surface area contributed by atoms with Crippen LogP contribution in [0.1, 0.15) is 52.0 Å². The minimum absolute atomic E-state index is 0.203. The lowest BCUT2D eigenvalue weighted by molar-refractivity contribution is 0.422. The van der Waals surface area contributed by atoms with Gasteiger partial charge in [-0.25, -0.2) is 4.68 Å². The Labute approximate surface area is 107 Å². The molecule has 2 atom stereocenters. The minimum Gasteiger partial charge on any atom is -0.327 e. The molecule has 17 heavy (non-hydrogen) atoms. The molecule has 0 aromatic carbocycles. The highest BCUT2D eigenvalue weighted by Gasteiger charge is 2.23. The van der Waals surface area contributed by atoms with Crippen LogP contribution in [0.5, 0.6) is 0 Å². The quantitative estimate of drug-likeness (QED) is 0.815. The molecule has 0 bridgehead atoms. The van der Waals surface area contributed by atoms with E-state index in [-0.39, 0.29) is 6.04 Å². The fourth-order valence-corrected chi connectivity index (χ4v) is 3.30. The SMILES string of the molecule is CCC(N)C(C)Sc1nnnn1C1CCCC1. The molecule has 1 aromatic rings. The third-order valence-electron chi connectivity index (χ3n) is 3.50. The zero-order valence-corrected chi connectivity index (χ0v) is 11.4. The number of aromatic nitrogens is 4. The Bertz CT molecular complexity index is 347. The van der Waals surface area contributed by atoms with Gasteiger partial charge < -0.3 is 5.73 Å². The molecule has 0 saturated heterocycles. The first-order chi connectivity index (χ1) is 8.22. The van der Waals surface area contributed by atoms with Crippen molar-refractivity contribution >= 4 is 11.8 Å². The van der Waals surface area contributed by atoms with Crippen LogP contribution in [0.3, 0.4) is 0 Å². The van der Waals surface area contributed by atoms with Crippen LogP contribution < -0.4 is 5.73 Å². The van der Waals surface area contributed by atoms with Gasteiger partial charge in [-0.05, 0) is 29.7 Å². The van der Waals surface area contributed by atoms with Crippen molar-refractivity contribution in [1.29, 1.82) is 0 Å². The number of hydrogen-bond donors (Lipinski definition) is 1. The van der Waals surface area contributed by atoms with Gasteiger partial charge in [0.25, 0.3) is 0 Å². The zero-order valence-electron chi connectivity index (χ0n) is 10.5. The lowest BCUT2D eigenvalue weighted by Gasteiger charge is -2.18. The Kier molecular flexibility index (Phi) is 4.39. The van der Waals surface area contributed by atoms with E-state index < -0.39 is 0 Å². The molecule has 2 unspecified atom stereocenters. The molecule has 0 aliphatic heterocycles. The van der Waals surface area contributed by atoms with E-state index in [1.807, 2.05) is 4.68 Å². The van der Waals surface area contributed by atoms with Gasteiger partial charge in [0.2, 0.25) is 5.16 Å². The van der Waals surface area contributed by atoms with E-state index in [2.05, 4.69) is 29.4 Å². The Morgan fingerprint density at radius 3 is 2.82 bits per heavy atom. The number of thioether (sulfide) groups is 1. The lowest BCUT2D eigenvalue weighted by atomic mass is 10.2. The fraction of sp³-hybridized carbons (Fsp3) is 0.909. The second-order valence-corrected chi connectivity index (χ2v) is 6.08. The first kappa shape index (κ1) is 12.8. The summed E-state index contributed by atoms with van der Waals surface area (Å²) in [5.41, 5.74) is 6.04. The summed E-state index contributed by atoms with van der Waals surface area (Å²) in [6.07, 6.45) is 5.97. The van der Waals surface area contributed by atoms with Crippen molar-refractivity contribution in [1.82, 2.24) is 20.2 Å². The standard InChI is InChI=1S/C11H21N5S/c1-3-10(12)8(2)17-11-13-14-15-16(11)9-6-4-5-7-9/h8-10H,3-7,12H2,1-2H3. The predicted molar refractivity (Wildman–Crippen MR) is 68.9 cm³/mol. The average Bonchev–Trinajstić information content (AvgIpc) is 2.97. The first-order valence-electron chi connectivity index (χ1n) is 6.42. The summed E-state index contributed by atoms with van der Waals surface area (Å²) in [4.78, 5) is 0. The second-order valence-electron chi connectivity index (χ2n) is 4.74. The van der Waals surface area contributed by atoms with Crippen molar-refractivity contribution in [3.8, 4) is 0 Å². The van der Waals surface area contributed by atoms with Gasteiger partial charge in [-0.2, -0.15) is 0 Å². The molecule has 2 N–H and O–H groups in total. The molecule has 6 heteroatoms. The van der Waals surface area contributed by atoms with Crippen molar-refractivity contribution in [2.75, 3.05) is 0 Å². The van der Waals surface area contributed by atoms with E-state index >= 15 is 0 Å². The van der Waals surface area contributed by atoms with Crippen LogP contribution in [0.2, 0.25) is 0 Å². The summed E-state index contributed by atoms with van der Waals surface area (Å²) in [6.45, 7) is 4.26. The van der Waals surface area contributed by atoms with Crippen LogP contribution in [0.4, 0.5) is 0 Å². The highest BCUT2D eigenvalue weighted by molar-refractivity contribution is 7.99. The van der Waals surface area contributed by atoms with Crippen LogP contribution in [0.15, 0.2) is 5.16 Å². The summed E-state index contributed by atoms with van der Waals surface area (Å²) in [5, 5.41) is 13.3. The third-order valence-corrected chi connectivity index (χ3v) is 4.70. The molecule has 1 aliphatic carbocycles. The number of rotatable bonds is 5. The van der Waals surface area contributed by atoms with Gasteiger partial charge >= 0.3 is 0 Å².